The number of ether oxygens (including phenoxy) is 1. The van der Waals surface area contributed by atoms with Gasteiger partial charge in [-0.15, -0.1) is 0 Å². The zero-order valence-electron chi connectivity index (χ0n) is 13.1. The van der Waals surface area contributed by atoms with E-state index in [1.54, 1.807) is 0 Å². The molecule has 2 N–H and O–H groups in total. The fourth-order valence-electron chi connectivity index (χ4n) is 3.54. The SMILES string of the molecule is CCOc1ccc(C2CC(C(C)C)CCC2CN)cc1. The third kappa shape index (κ3) is 3.54. The van der Waals surface area contributed by atoms with E-state index in [2.05, 4.69) is 38.1 Å². The molecule has 0 bridgehead atoms. The van der Waals surface area contributed by atoms with E-state index in [9.17, 15) is 0 Å². The molecule has 1 fully saturated rings. The van der Waals surface area contributed by atoms with Gasteiger partial charge in [0.15, 0.2) is 0 Å². The molecule has 0 radical (unpaired) electrons. The average Bonchev–Trinajstić information content (AvgIpc) is 2.47. The van der Waals surface area contributed by atoms with Crippen LogP contribution < -0.4 is 10.5 Å². The summed E-state index contributed by atoms with van der Waals surface area (Å²) in [6, 6.07) is 8.68. The van der Waals surface area contributed by atoms with Gasteiger partial charge < -0.3 is 10.5 Å². The molecule has 112 valence electrons. The minimum Gasteiger partial charge on any atom is -0.494 e. The van der Waals surface area contributed by atoms with Crippen LogP contribution in [0.15, 0.2) is 24.3 Å². The molecule has 0 spiro atoms. The Labute approximate surface area is 123 Å². The van der Waals surface area contributed by atoms with Crippen LogP contribution in [0.5, 0.6) is 5.75 Å². The lowest BCUT2D eigenvalue weighted by atomic mass is 9.68. The summed E-state index contributed by atoms with van der Waals surface area (Å²) >= 11 is 0. The highest BCUT2D eigenvalue weighted by Gasteiger charge is 2.31. The van der Waals surface area contributed by atoms with Crippen molar-refractivity contribution in [1.82, 2.24) is 0 Å². The number of benzene rings is 1. The highest BCUT2D eigenvalue weighted by Crippen LogP contribution is 2.42. The van der Waals surface area contributed by atoms with E-state index in [0.29, 0.717) is 11.8 Å². The van der Waals surface area contributed by atoms with Crippen molar-refractivity contribution in [3.63, 3.8) is 0 Å². The zero-order valence-corrected chi connectivity index (χ0v) is 13.1. The van der Waals surface area contributed by atoms with E-state index in [1.165, 1.54) is 24.8 Å². The van der Waals surface area contributed by atoms with Gasteiger partial charge in [-0.3, -0.25) is 0 Å². The van der Waals surface area contributed by atoms with E-state index < -0.39 is 0 Å². The largest absolute Gasteiger partial charge is 0.494 e. The Morgan fingerprint density at radius 2 is 1.90 bits per heavy atom. The van der Waals surface area contributed by atoms with Crippen molar-refractivity contribution in [3.8, 4) is 5.75 Å². The van der Waals surface area contributed by atoms with E-state index in [0.717, 1.165) is 30.7 Å². The molecule has 1 aliphatic rings. The summed E-state index contributed by atoms with van der Waals surface area (Å²) in [6.45, 7) is 8.25. The minimum atomic E-state index is 0.622. The average molecular weight is 275 g/mol. The molecule has 0 aliphatic heterocycles. The summed E-state index contributed by atoms with van der Waals surface area (Å²) in [5, 5.41) is 0. The molecular weight excluding hydrogens is 246 g/mol. The smallest absolute Gasteiger partial charge is 0.119 e. The van der Waals surface area contributed by atoms with Crippen molar-refractivity contribution in [3.05, 3.63) is 29.8 Å². The second-order valence-electron chi connectivity index (χ2n) is 6.42. The van der Waals surface area contributed by atoms with Crippen molar-refractivity contribution in [2.24, 2.45) is 23.5 Å². The summed E-state index contributed by atoms with van der Waals surface area (Å²) in [5.41, 5.74) is 7.44. The lowest BCUT2D eigenvalue weighted by Gasteiger charge is -2.37. The van der Waals surface area contributed by atoms with E-state index in [-0.39, 0.29) is 0 Å². The monoisotopic (exact) mass is 275 g/mol. The van der Waals surface area contributed by atoms with Gasteiger partial charge in [-0.05, 0) is 74.1 Å². The lowest BCUT2D eigenvalue weighted by molar-refractivity contribution is 0.197. The third-order valence-corrected chi connectivity index (χ3v) is 4.90. The van der Waals surface area contributed by atoms with Gasteiger partial charge in [0.2, 0.25) is 0 Å². The van der Waals surface area contributed by atoms with E-state index >= 15 is 0 Å². The Morgan fingerprint density at radius 3 is 2.45 bits per heavy atom. The standard InChI is InChI=1S/C18H29NO/c1-4-20-17-9-7-14(8-10-17)18-11-15(13(2)3)5-6-16(18)12-19/h7-10,13,15-16,18H,4-6,11-12,19H2,1-3H3. The molecule has 0 amide bonds. The Hall–Kier alpha value is -1.02. The van der Waals surface area contributed by atoms with Gasteiger partial charge in [0.25, 0.3) is 0 Å². The predicted molar refractivity (Wildman–Crippen MR) is 85.1 cm³/mol. The number of hydrogen-bond acceptors (Lipinski definition) is 2. The summed E-state index contributed by atoms with van der Waals surface area (Å²) in [5.74, 6) is 3.85. The minimum absolute atomic E-state index is 0.622. The maximum Gasteiger partial charge on any atom is 0.119 e. The van der Waals surface area contributed by atoms with Crippen LogP contribution >= 0.6 is 0 Å². The normalized spacial score (nSPS) is 26.8. The van der Waals surface area contributed by atoms with Gasteiger partial charge in [-0.2, -0.15) is 0 Å². The van der Waals surface area contributed by atoms with Crippen LogP contribution in [0, 0.1) is 17.8 Å². The first-order chi connectivity index (χ1) is 9.65. The highest BCUT2D eigenvalue weighted by molar-refractivity contribution is 5.30. The maximum absolute atomic E-state index is 6.01. The Balaban J connectivity index is 2.13. The van der Waals surface area contributed by atoms with Crippen LogP contribution in [0.25, 0.3) is 0 Å². The molecule has 1 aromatic rings. The first-order valence-electron chi connectivity index (χ1n) is 8.08. The summed E-state index contributed by atoms with van der Waals surface area (Å²) < 4.78 is 5.54. The summed E-state index contributed by atoms with van der Waals surface area (Å²) in [4.78, 5) is 0. The van der Waals surface area contributed by atoms with E-state index in [1.807, 2.05) is 6.92 Å². The summed E-state index contributed by atoms with van der Waals surface area (Å²) in [6.07, 6.45) is 3.90. The van der Waals surface area contributed by atoms with Gasteiger partial charge in [0.1, 0.15) is 5.75 Å². The summed E-state index contributed by atoms with van der Waals surface area (Å²) in [7, 11) is 0. The molecule has 0 saturated heterocycles. The Morgan fingerprint density at radius 1 is 1.20 bits per heavy atom. The van der Waals surface area contributed by atoms with Crippen LogP contribution in [-0.4, -0.2) is 13.2 Å². The van der Waals surface area contributed by atoms with Crippen LogP contribution in [0.3, 0.4) is 0 Å². The van der Waals surface area contributed by atoms with Crippen molar-refractivity contribution in [1.29, 1.82) is 0 Å². The molecular formula is C18H29NO. The van der Waals surface area contributed by atoms with Gasteiger partial charge in [-0.1, -0.05) is 26.0 Å². The molecule has 2 rings (SSSR count). The maximum atomic E-state index is 6.01. The van der Waals surface area contributed by atoms with Crippen molar-refractivity contribution in [2.45, 2.75) is 46.0 Å². The fourth-order valence-corrected chi connectivity index (χ4v) is 3.54. The number of rotatable bonds is 5. The van der Waals surface area contributed by atoms with Crippen molar-refractivity contribution < 1.29 is 4.74 Å². The lowest BCUT2D eigenvalue weighted by Crippen LogP contribution is -2.30. The second-order valence-corrected chi connectivity index (χ2v) is 6.42. The Kier molecular flexibility index (Phi) is 5.47. The topological polar surface area (TPSA) is 35.2 Å². The first-order valence-corrected chi connectivity index (χ1v) is 8.08. The number of hydrogen-bond donors (Lipinski definition) is 1. The van der Waals surface area contributed by atoms with Crippen molar-refractivity contribution >= 4 is 0 Å². The molecule has 3 unspecified atom stereocenters. The Bertz CT molecular complexity index is 398. The van der Waals surface area contributed by atoms with Crippen LogP contribution in [0.1, 0.15) is 51.5 Å². The molecule has 0 aromatic heterocycles. The zero-order chi connectivity index (χ0) is 14.5. The predicted octanol–water partition coefficient (Wildman–Crippen LogP) is 4.20. The van der Waals surface area contributed by atoms with Gasteiger partial charge in [-0.25, -0.2) is 0 Å². The number of nitrogens with two attached hydrogens (primary N) is 1. The van der Waals surface area contributed by atoms with Crippen LogP contribution in [0.4, 0.5) is 0 Å². The molecule has 0 heterocycles. The fraction of sp³-hybridized carbons (Fsp3) is 0.667. The van der Waals surface area contributed by atoms with E-state index in [4.69, 9.17) is 10.5 Å². The molecule has 2 nitrogen and oxygen atoms in total. The van der Waals surface area contributed by atoms with Crippen molar-refractivity contribution in [2.75, 3.05) is 13.2 Å². The molecule has 2 heteroatoms. The van der Waals surface area contributed by atoms with Gasteiger partial charge in [0, 0.05) is 0 Å². The molecule has 3 atom stereocenters. The molecule has 1 aromatic carbocycles. The van der Waals surface area contributed by atoms with Gasteiger partial charge >= 0.3 is 0 Å². The molecule has 20 heavy (non-hydrogen) atoms. The molecule has 1 aliphatic carbocycles. The quantitative estimate of drug-likeness (QED) is 0.874. The molecule has 1 saturated carbocycles. The highest BCUT2D eigenvalue weighted by atomic mass is 16.5. The van der Waals surface area contributed by atoms with Crippen LogP contribution in [0.2, 0.25) is 0 Å². The van der Waals surface area contributed by atoms with Crippen LogP contribution in [-0.2, 0) is 0 Å². The second kappa shape index (κ2) is 7.12. The van der Waals surface area contributed by atoms with Gasteiger partial charge in [0.05, 0.1) is 6.61 Å². The first kappa shape index (κ1) is 15.4. The third-order valence-electron chi connectivity index (χ3n) is 4.90.